The minimum atomic E-state index is -0.0867. The molecule has 5 heterocycles. The Labute approximate surface area is 278 Å². The molecule has 0 saturated carbocycles. The maximum Gasteiger partial charge on any atom is 0.0939 e. The van der Waals surface area contributed by atoms with Crippen molar-refractivity contribution < 1.29 is 0 Å². The van der Waals surface area contributed by atoms with Gasteiger partial charge in [0.05, 0.1) is 54.8 Å². The summed E-state index contributed by atoms with van der Waals surface area (Å²) in [4.78, 5) is 18.3. The van der Waals surface area contributed by atoms with Gasteiger partial charge in [0.15, 0.2) is 0 Å². The van der Waals surface area contributed by atoms with E-state index in [0.29, 0.717) is 0 Å². The first kappa shape index (κ1) is 29.2. The van der Waals surface area contributed by atoms with Crippen molar-refractivity contribution in [2.75, 3.05) is 74.5 Å². The lowest BCUT2D eigenvalue weighted by atomic mass is 9.83. The molecule has 0 unspecified atom stereocenters. The molecule has 0 aliphatic carbocycles. The Kier molecular flexibility index (Phi) is 6.65. The van der Waals surface area contributed by atoms with Gasteiger partial charge in [-0.1, -0.05) is 32.9 Å². The summed E-state index contributed by atoms with van der Waals surface area (Å²) in [6.07, 6.45) is 17.4. The summed E-state index contributed by atoms with van der Waals surface area (Å²) < 4.78 is 2.50. The van der Waals surface area contributed by atoms with Gasteiger partial charge < -0.3 is 43.8 Å². The molecule has 0 amide bonds. The molecule has 8 rings (SSSR count). The summed E-state index contributed by atoms with van der Waals surface area (Å²) in [5, 5.41) is 2.51. The Morgan fingerprint density at radius 2 is 0.830 bits per heavy atom. The zero-order chi connectivity index (χ0) is 32.6. The molecular weight excluding hydrogens is 582 g/mol. The fourth-order valence-electron chi connectivity index (χ4n) is 7.34. The largest absolute Gasteiger partial charge is 0.361 e. The van der Waals surface area contributed by atoms with E-state index >= 15 is 0 Å². The van der Waals surface area contributed by atoms with Gasteiger partial charge in [-0.25, -0.2) is 0 Å². The summed E-state index contributed by atoms with van der Waals surface area (Å²) >= 11 is 0. The Bertz CT molecular complexity index is 1860. The molecule has 0 fully saturated rings. The van der Waals surface area contributed by atoms with Crippen molar-refractivity contribution in [3.8, 4) is 5.69 Å². The van der Waals surface area contributed by atoms with Crippen molar-refractivity contribution in [2.45, 2.75) is 26.2 Å². The Morgan fingerprint density at radius 3 is 1.17 bits per heavy atom. The van der Waals surface area contributed by atoms with Crippen LogP contribution in [0.4, 0.5) is 22.7 Å². The van der Waals surface area contributed by atoms with Gasteiger partial charge >= 0.3 is 0 Å². The molecular formula is C38H45N9. The van der Waals surface area contributed by atoms with Crippen molar-refractivity contribution in [1.82, 2.24) is 24.2 Å². The minimum Gasteiger partial charge on any atom is -0.361 e. The molecule has 0 saturated heterocycles. The second-order valence-corrected chi connectivity index (χ2v) is 14.5. The van der Waals surface area contributed by atoms with E-state index in [2.05, 4.69) is 191 Å². The Balaban J connectivity index is 1.42. The average Bonchev–Trinajstić information content (AvgIpc) is 3.87. The quantitative estimate of drug-likeness (QED) is 0.239. The van der Waals surface area contributed by atoms with Crippen molar-refractivity contribution in [3.05, 3.63) is 104 Å². The summed E-state index contributed by atoms with van der Waals surface area (Å²) in [6, 6.07) is 18.7. The van der Waals surface area contributed by atoms with Crippen LogP contribution < -0.4 is 19.6 Å². The number of hydrogen-bond donors (Lipinski definition) is 0. The van der Waals surface area contributed by atoms with E-state index in [0.717, 1.165) is 32.4 Å². The zero-order valence-corrected chi connectivity index (χ0v) is 28.6. The minimum absolute atomic E-state index is 0.0867. The highest BCUT2D eigenvalue weighted by Crippen LogP contribution is 2.45. The average molecular weight is 628 g/mol. The monoisotopic (exact) mass is 627 g/mol. The number of aromatic nitrogens is 1. The van der Waals surface area contributed by atoms with E-state index in [1.165, 1.54) is 50.1 Å². The first-order valence-corrected chi connectivity index (χ1v) is 16.4. The molecule has 4 aliphatic rings. The van der Waals surface area contributed by atoms with Gasteiger partial charge in [0.1, 0.15) is 0 Å². The van der Waals surface area contributed by atoms with Crippen LogP contribution in [0.25, 0.3) is 27.5 Å². The number of rotatable bonds is 5. The van der Waals surface area contributed by atoms with Gasteiger partial charge in [-0.2, -0.15) is 0 Å². The molecule has 47 heavy (non-hydrogen) atoms. The van der Waals surface area contributed by atoms with Crippen LogP contribution in [0.15, 0.2) is 98.1 Å². The van der Waals surface area contributed by atoms with E-state index in [9.17, 15) is 0 Å². The lowest BCUT2D eigenvalue weighted by Crippen LogP contribution is -2.29. The predicted octanol–water partition coefficient (Wildman–Crippen LogP) is 6.80. The zero-order valence-electron chi connectivity index (χ0n) is 28.6. The van der Waals surface area contributed by atoms with Gasteiger partial charge in [-0.15, -0.1) is 0 Å². The molecule has 9 heteroatoms. The van der Waals surface area contributed by atoms with Crippen LogP contribution in [0.2, 0.25) is 0 Å². The third-order valence-corrected chi connectivity index (χ3v) is 9.61. The SMILES string of the molecule is CN1C=CN(c2ccc3c4ccc(N5C=CN(C)C5)cc4n(-c4cc(N5C=CN(C)C5)c(C(C)(C)C)c(N5C=CN(C)C5)c4)c3c2)C1. The number of hydrogen-bond acceptors (Lipinski definition) is 8. The summed E-state index contributed by atoms with van der Waals surface area (Å²) in [5.41, 5.74) is 9.68. The van der Waals surface area contributed by atoms with Crippen molar-refractivity contribution >= 4 is 44.6 Å². The third-order valence-electron chi connectivity index (χ3n) is 9.61. The highest BCUT2D eigenvalue weighted by molar-refractivity contribution is 6.11. The van der Waals surface area contributed by atoms with Gasteiger partial charge in [0.2, 0.25) is 0 Å². The molecule has 0 bridgehead atoms. The maximum atomic E-state index is 2.50. The third kappa shape index (κ3) is 5.01. The van der Waals surface area contributed by atoms with Crippen LogP contribution >= 0.6 is 0 Å². The normalized spacial score (nSPS) is 17.9. The molecule has 242 valence electrons. The maximum absolute atomic E-state index is 2.50. The van der Waals surface area contributed by atoms with Crippen molar-refractivity contribution in [2.24, 2.45) is 0 Å². The standard InChI is InChI=1S/C38H45N9/c1-38(2,3)37-35(45-18-14-41(6)26-45)22-30(23-36(37)46-19-15-42(7)27-46)47-33-20-28(43-16-12-39(4)24-43)8-10-31(33)32-11-9-29(21-34(32)47)44-17-13-40(5)25-44/h8-23H,24-27H2,1-7H3. The van der Waals surface area contributed by atoms with Crippen LogP contribution in [0.1, 0.15) is 26.3 Å². The van der Waals surface area contributed by atoms with Crippen LogP contribution in [0, 0.1) is 0 Å². The summed E-state index contributed by atoms with van der Waals surface area (Å²) in [5.74, 6) is 0. The highest BCUT2D eigenvalue weighted by atomic mass is 15.4. The summed E-state index contributed by atoms with van der Waals surface area (Å²) in [6.45, 7) is 10.3. The first-order chi connectivity index (χ1) is 22.5. The lowest BCUT2D eigenvalue weighted by molar-refractivity contribution is 0.490. The van der Waals surface area contributed by atoms with E-state index < -0.39 is 0 Å². The smallest absolute Gasteiger partial charge is 0.0939 e. The van der Waals surface area contributed by atoms with Crippen LogP contribution in [0.3, 0.4) is 0 Å². The van der Waals surface area contributed by atoms with Gasteiger partial charge in [0.25, 0.3) is 0 Å². The molecule has 9 nitrogen and oxygen atoms in total. The van der Waals surface area contributed by atoms with Crippen molar-refractivity contribution in [1.29, 1.82) is 0 Å². The van der Waals surface area contributed by atoms with Crippen LogP contribution in [0.5, 0.6) is 0 Å². The lowest BCUT2D eigenvalue weighted by Gasteiger charge is -2.34. The topological polar surface area (TPSA) is 30.9 Å². The van der Waals surface area contributed by atoms with E-state index in [4.69, 9.17) is 0 Å². The first-order valence-electron chi connectivity index (χ1n) is 16.4. The molecule has 0 atom stereocenters. The van der Waals surface area contributed by atoms with E-state index in [1.807, 2.05) is 0 Å². The fraction of sp³-hybridized carbons (Fsp3) is 0.316. The second-order valence-electron chi connectivity index (χ2n) is 14.5. The molecule has 0 spiro atoms. The van der Waals surface area contributed by atoms with Gasteiger partial charge in [-0.3, -0.25) is 0 Å². The Hall–Kier alpha value is -5.18. The van der Waals surface area contributed by atoms with Crippen LogP contribution in [-0.4, -0.2) is 79.0 Å². The second kappa shape index (κ2) is 10.7. The number of fused-ring (bicyclic) bond motifs is 3. The molecule has 4 aromatic rings. The number of benzene rings is 3. The number of anilines is 4. The molecule has 1 aromatic heterocycles. The van der Waals surface area contributed by atoms with Gasteiger partial charge in [-0.05, 0) is 41.8 Å². The number of nitrogens with zero attached hydrogens (tertiary/aromatic N) is 9. The molecule has 0 N–H and O–H groups in total. The van der Waals surface area contributed by atoms with Crippen molar-refractivity contribution in [3.63, 3.8) is 0 Å². The van der Waals surface area contributed by atoms with E-state index in [1.54, 1.807) is 0 Å². The van der Waals surface area contributed by atoms with E-state index in [-0.39, 0.29) is 5.41 Å². The van der Waals surface area contributed by atoms with Gasteiger partial charge in [0, 0.05) is 106 Å². The predicted molar refractivity (Wildman–Crippen MR) is 196 cm³/mol. The molecule has 4 aliphatic heterocycles. The van der Waals surface area contributed by atoms with Crippen LogP contribution in [-0.2, 0) is 5.41 Å². The molecule has 3 aromatic carbocycles. The highest BCUT2D eigenvalue weighted by Gasteiger charge is 2.31. The summed E-state index contributed by atoms with van der Waals surface area (Å²) in [7, 11) is 8.51. The molecule has 0 radical (unpaired) electrons. The Morgan fingerprint density at radius 1 is 0.447 bits per heavy atom. The fourth-order valence-corrected chi connectivity index (χ4v) is 7.34.